The zero-order valence-electron chi connectivity index (χ0n) is 12.6. The van der Waals surface area contributed by atoms with Gasteiger partial charge in [0.2, 0.25) is 5.91 Å². The fourth-order valence-electron chi connectivity index (χ4n) is 1.86. The first-order valence-corrected chi connectivity index (χ1v) is 7.11. The van der Waals surface area contributed by atoms with Crippen LogP contribution in [0.15, 0.2) is 30.6 Å². The summed E-state index contributed by atoms with van der Waals surface area (Å²) < 4.78 is 1.84. The Labute approximate surface area is 124 Å². The Hall–Kier alpha value is -2.37. The summed E-state index contributed by atoms with van der Waals surface area (Å²) in [6, 6.07) is 7.65. The minimum atomic E-state index is -0.0373. The number of nitrogens with one attached hydrogen (secondary N) is 2. The van der Waals surface area contributed by atoms with Gasteiger partial charge in [-0.05, 0) is 25.1 Å². The Morgan fingerprint density at radius 2 is 2.10 bits per heavy atom. The number of hydrogen-bond acceptors (Lipinski definition) is 4. The SMILES string of the molecule is CCn1ncnc1CNc1cccc(NC(=O)C(C)C)c1. The molecule has 1 amide bonds. The van der Waals surface area contributed by atoms with Crippen molar-refractivity contribution >= 4 is 17.3 Å². The van der Waals surface area contributed by atoms with Gasteiger partial charge in [-0.3, -0.25) is 4.79 Å². The lowest BCUT2D eigenvalue weighted by Crippen LogP contribution is -2.17. The first kappa shape index (κ1) is 15.0. The van der Waals surface area contributed by atoms with Gasteiger partial charge in [-0.1, -0.05) is 19.9 Å². The summed E-state index contributed by atoms with van der Waals surface area (Å²) in [5, 5.41) is 10.3. The van der Waals surface area contributed by atoms with Crippen LogP contribution in [0.2, 0.25) is 0 Å². The number of aromatic nitrogens is 3. The Kier molecular flexibility index (Phi) is 4.92. The van der Waals surface area contributed by atoms with Crippen molar-refractivity contribution in [1.29, 1.82) is 0 Å². The number of carbonyl (C=O) groups is 1. The lowest BCUT2D eigenvalue weighted by atomic mass is 10.2. The van der Waals surface area contributed by atoms with E-state index >= 15 is 0 Å². The summed E-state index contributed by atoms with van der Waals surface area (Å²) in [6.45, 7) is 7.15. The van der Waals surface area contributed by atoms with Gasteiger partial charge in [0.25, 0.3) is 0 Å². The monoisotopic (exact) mass is 287 g/mol. The van der Waals surface area contributed by atoms with E-state index in [-0.39, 0.29) is 11.8 Å². The van der Waals surface area contributed by atoms with E-state index < -0.39 is 0 Å². The molecule has 0 saturated heterocycles. The molecule has 0 bridgehead atoms. The highest BCUT2D eigenvalue weighted by Gasteiger charge is 2.07. The minimum absolute atomic E-state index is 0.0119. The standard InChI is InChI=1S/C15H21N5O/c1-4-20-14(17-10-18-20)9-16-12-6-5-7-13(8-12)19-15(21)11(2)3/h5-8,10-11,16H,4,9H2,1-3H3,(H,19,21). The fraction of sp³-hybridized carbons (Fsp3) is 0.400. The van der Waals surface area contributed by atoms with Gasteiger partial charge in [0.05, 0.1) is 6.54 Å². The van der Waals surface area contributed by atoms with Gasteiger partial charge >= 0.3 is 0 Å². The van der Waals surface area contributed by atoms with Gasteiger partial charge in [-0.25, -0.2) is 9.67 Å². The molecule has 6 nitrogen and oxygen atoms in total. The van der Waals surface area contributed by atoms with Crippen LogP contribution in [0, 0.1) is 5.92 Å². The molecule has 112 valence electrons. The second-order valence-electron chi connectivity index (χ2n) is 5.07. The lowest BCUT2D eigenvalue weighted by molar-refractivity contribution is -0.118. The summed E-state index contributed by atoms with van der Waals surface area (Å²) in [4.78, 5) is 15.9. The fourth-order valence-corrected chi connectivity index (χ4v) is 1.86. The molecular weight excluding hydrogens is 266 g/mol. The van der Waals surface area contributed by atoms with E-state index in [2.05, 4.69) is 20.7 Å². The minimum Gasteiger partial charge on any atom is -0.378 e. The molecule has 6 heteroatoms. The van der Waals surface area contributed by atoms with Crippen LogP contribution in [0.1, 0.15) is 26.6 Å². The molecule has 1 aromatic carbocycles. The largest absolute Gasteiger partial charge is 0.378 e. The van der Waals surface area contributed by atoms with Gasteiger partial charge < -0.3 is 10.6 Å². The highest BCUT2D eigenvalue weighted by molar-refractivity contribution is 5.92. The van der Waals surface area contributed by atoms with Gasteiger partial charge in [-0.15, -0.1) is 0 Å². The number of anilines is 2. The Bertz CT molecular complexity index is 606. The van der Waals surface area contributed by atoms with Gasteiger partial charge in [0.1, 0.15) is 12.2 Å². The van der Waals surface area contributed by atoms with Crippen LogP contribution in [0.4, 0.5) is 11.4 Å². The normalized spacial score (nSPS) is 10.7. The van der Waals surface area contributed by atoms with Crippen molar-refractivity contribution in [3.8, 4) is 0 Å². The number of amides is 1. The van der Waals surface area contributed by atoms with Gasteiger partial charge in [-0.2, -0.15) is 5.10 Å². The van der Waals surface area contributed by atoms with Crippen LogP contribution >= 0.6 is 0 Å². The molecule has 0 atom stereocenters. The molecule has 0 fully saturated rings. The average molecular weight is 287 g/mol. The molecule has 0 aliphatic rings. The van der Waals surface area contributed by atoms with E-state index in [1.165, 1.54) is 0 Å². The highest BCUT2D eigenvalue weighted by Crippen LogP contribution is 2.16. The van der Waals surface area contributed by atoms with E-state index in [1.54, 1.807) is 6.33 Å². The lowest BCUT2D eigenvalue weighted by Gasteiger charge is -2.11. The molecule has 0 spiro atoms. The van der Waals surface area contributed by atoms with Crippen LogP contribution in [-0.4, -0.2) is 20.7 Å². The number of hydrogen-bond donors (Lipinski definition) is 2. The van der Waals surface area contributed by atoms with E-state index in [0.717, 1.165) is 23.7 Å². The summed E-state index contributed by atoms with van der Waals surface area (Å²) in [5.74, 6) is 0.858. The zero-order chi connectivity index (χ0) is 15.2. The molecule has 2 aromatic rings. The Morgan fingerprint density at radius 3 is 2.81 bits per heavy atom. The third kappa shape index (κ3) is 4.05. The summed E-state index contributed by atoms with van der Waals surface area (Å²) >= 11 is 0. The second kappa shape index (κ2) is 6.88. The van der Waals surface area contributed by atoms with Crippen molar-refractivity contribution in [2.45, 2.75) is 33.9 Å². The average Bonchev–Trinajstić information content (AvgIpc) is 2.93. The van der Waals surface area contributed by atoms with Crippen LogP contribution < -0.4 is 10.6 Å². The molecule has 0 aliphatic carbocycles. The van der Waals surface area contributed by atoms with Gasteiger partial charge in [0.15, 0.2) is 0 Å². The van der Waals surface area contributed by atoms with Crippen molar-refractivity contribution in [2.24, 2.45) is 5.92 Å². The molecule has 2 rings (SSSR count). The molecule has 0 unspecified atom stereocenters. The van der Waals surface area contributed by atoms with Crippen molar-refractivity contribution in [2.75, 3.05) is 10.6 Å². The van der Waals surface area contributed by atoms with E-state index in [1.807, 2.05) is 49.7 Å². The topological polar surface area (TPSA) is 71.8 Å². The maximum Gasteiger partial charge on any atom is 0.226 e. The predicted octanol–water partition coefficient (Wildman–Crippen LogP) is 2.50. The van der Waals surface area contributed by atoms with Crippen LogP contribution in [-0.2, 0) is 17.9 Å². The third-order valence-corrected chi connectivity index (χ3v) is 3.10. The van der Waals surface area contributed by atoms with E-state index in [9.17, 15) is 4.79 Å². The van der Waals surface area contributed by atoms with Crippen LogP contribution in [0.3, 0.4) is 0 Å². The number of benzene rings is 1. The number of nitrogens with zero attached hydrogens (tertiary/aromatic N) is 3. The first-order valence-electron chi connectivity index (χ1n) is 7.11. The van der Waals surface area contributed by atoms with Crippen molar-refractivity contribution in [3.63, 3.8) is 0 Å². The molecular formula is C15H21N5O. The summed E-state index contributed by atoms with van der Waals surface area (Å²) in [5.41, 5.74) is 1.72. The molecule has 0 aliphatic heterocycles. The summed E-state index contributed by atoms with van der Waals surface area (Å²) in [7, 11) is 0. The number of carbonyl (C=O) groups excluding carboxylic acids is 1. The second-order valence-corrected chi connectivity index (χ2v) is 5.07. The zero-order valence-corrected chi connectivity index (χ0v) is 12.6. The van der Waals surface area contributed by atoms with Crippen molar-refractivity contribution in [3.05, 3.63) is 36.4 Å². The van der Waals surface area contributed by atoms with E-state index in [0.29, 0.717) is 6.54 Å². The predicted molar refractivity (Wildman–Crippen MR) is 82.9 cm³/mol. The molecule has 2 N–H and O–H groups in total. The quantitative estimate of drug-likeness (QED) is 0.856. The molecule has 0 saturated carbocycles. The maximum absolute atomic E-state index is 11.7. The van der Waals surface area contributed by atoms with Crippen molar-refractivity contribution < 1.29 is 4.79 Å². The molecule has 21 heavy (non-hydrogen) atoms. The molecule has 1 heterocycles. The van der Waals surface area contributed by atoms with Crippen LogP contribution in [0.5, 0.6) is 0 Å². The third-order valence-electron chi connectivity index (χ3n) is 3.10. The first-order chi connectivity index (χ1) is 10.1. The Morgan fingerprint density at radius 1 is 1.33 bits per heavy atom. The van der Waals surface area contributed by atoms with E-state index in [4.69, 9.17) is 0 Å². The smallest absolute Gasteiger partial charge is 0.226 e. The molecule has 1 aromatic heterocycles. The van der Waals surface area contributed by atoms with Crippen LogP contribution in [0.25, 0.3) is 0 Å². The summed E-state index contributed by atoms with van der Waals surface area (Å²) in [6.07, 6.45) is 1.56. The van der Waals surface area contributed by atoms with Gasteiger partial charge in [0, 0.05) is 23.8 Å². The van der Waals surface area contributed by atoms with Crippen molar-refractivity contribution in [1.82, 2.24) is 14.8 Å². The number of aryl methyl sites for hydroxylation is 1. The highest BCUT2D eigenvalue weighted by atomic mass is 16.1. The Balaban J connectivity index is 1.99. The molecule has 0 radical (unpaired) electrons. The maximum atomic E-state index is 11.7. The number of rotatable bonds is 6.